The summed E-state index contributed by atoms with van der Waals surface area (Å²) in [5.74, 6) is 0.704. The zero-order valence-corrected chi connectivity index (χ0v) is 9.97. The van der Waals surface area contributed by atoms with Crippen LogP contribution in [0.5, 0.6) is 0 Å². The minimum absolute atomic E-state index is 0.554. The first-order valence-corrected chi connectivity index (χ1v) is 5.47. The van der Waals surface area contributed by atoms with Crippen molar-refractivity contribution in [2.45, 2.75) is 39.3 Å². The van der Waals surface area contributed by atoms with Gasteiger partial charge in [0.2, 0.25) is 0 Å². The second kappa shape index (κ2) is 7.60. The molecule has 0 N–H and O–H groups in total. The normalized spacial score (nSPS) is 14.1. The maximum atomic E-state index is 5.75. The fourth-order valence-corrected chi connectivity index (χ4v) is 1.73. The van der Waals surface area contributed by atoms with E-state index in [1.54, 1.807) is 7.11 Å². The Kier molecular flexibility index (Phi) is 7.72. The lowest BCUT2D eigenvalue weighted by Gasteiger charge is -2.32. The molecule has 0 aromatic heterocycles. The van der Waals surface area contributed by atoms with Crippen molar-refractivity contribution < 1.29 is 4.74 Å². The van der Waals surface area contributed by atoms with Gasteiger partial charge in [0.1, 0.15) is 0 Å². The lowest BCUT2D eigenvalue weighted by Crippen LogP contribution is -2.40. The number of hydrogen-bond acceptors (Lipinski definition) is 2. The predicted molar refractivity (Wildman–Crippen MR) is 58.5 cm³/mol. The minimum Gasteiger partial charge on any atom is -0.385 e. The van der Waals surface area contributed by atoms with E-state index in [9.17, 15) is 0 Å². The fraction of sp³-hybridized carbons (Fsp3) is 1.00. The lowest BCUT2D eigenvalue weighted by atomic mass is 10.1. The van der Waals surface area contributed by atoms with Crippen molar-refractivity contribution >= 4 is 11.6 Å². The highest BCUT2D eigenvalue weighted by Gasteiger charge is 2.15. The summed E-state index contributed by atoms with van der Waals surface area (Å²) in [4.78, 5) is 2.41. The second-order valence-electron chi connectivity index (χ2n) is 3.65. The second-order valence-corrected chi connectivity index (χ2v) is 4.03. The number of halogens is 1. The van der Waals surface area contributed by atoms with Crippen LogP contribution in [0, 0.1) is 0 Å². The van der Waals surface area contributed by atoms with Gasteiger partial charge in [-0.05, 0) is 27.2 Å². The molecule has 0 rings (SSSR count). The van der Waals surface area contributed by atoms with E-state index < -0.39 is 0 Å². The zero-order valence-electron chi connectivity index (χ0n) is 9.22. The van der Waals surface area contributed by atoms with Crippen molar-refractivity contribution in [3.63, 3.8) is 0 Å². The van der Waals surface area contributed by atoms with Crippen LogP contribution in [0.3, 0.4) is 0 Å². The van der Waals surface area contributed by atoms with E-state index >= 15 is 0 Å². The molecule has 0 aromatic rings. The molecule has 0 aromatic carbocycles. The average molecular weight is 208 g/mol. The van der Waals surface area contributed by atoms with Crippen LogP contribution in [0.2, 0.25) is 0 Å². The van der Waals surface area contributed by atoms with Gasteiger partial charge in [-0.3, -0.25) is 4.90 Å². The maximum absolute atomic E-state index is 5.75. The molecule has 0 aliphatic rings. The van der Waals surface area contributed by atoms with Crippen molar-refractivity contribution in [1.29, 1.82) is 0 Å². The summed E-state index contributed by atoms with van der Waals surface area (Å²) in [7, 11) is 1.74. The summed E-state index contributed by atoms with van der Waals surface area (Å²) < 4.78 is 5.06. The van der Waals surface area contributed by atoms with E-state index in [2.05, 4.69) is 25.7 Å². The summed E-state index contributed by atoms with van der Waals surface area (Å²) in [6.45, 7) is 8.42. The van der Waals surface area contributed by atoms with Crippen LogP contribution < -0.4 is 0 Å². The first kappa shape index (κ1) is 13.2. The molecule has 0 amide bonds. The molecule has 3 heteroatoms. The average Bonchev–Trinajstić information content (AvgIpc) is 2.09. The van der Waals surface area contributed by atoms with Gasteiger partial charge in [-0.25, -0.2) is 0 Å². The molecule has 1 unspecified atom stereocenters. The molecule has 0 saturated heterocycles. The topological polar surface area (TPSA) is 12.5 Å². The largest absolute Gasteiger partial charge is 0.385 e. The number of methoxy groups -OCH3 is 1. The van der Waals surface area contributed by atoms with Gasteiger partial charge in [0.05, 0.1) is 0 Å². The van der Waals surface area contributed by atoms with Crippen LogP contribution >= 0.6 is 11.6 Å². The Hall–Kier alpha value is 0.210. The van der Waals surface area contributed by atoms with Gasteiger partial charge in [0.15, 0.2) is 0 Å². The quantitative estimate of drug-likeness (QED) is 0.595. The first-order valence-electron chi connectivity index (χ1n) is 4.94. The highest BCUT2D eigenvalue weighted by atomic mass is 35.5. The van der Waals surface area contributed by atoms with Gasteiger partial charge in [-0.15, -0.1) is 11.6 Å². The van der Waals surface area contributed by atoms with Crippen molar-refractivity contribution in [3.05, 3.63) is 0 Å². The van der Waals surface area contributed by atoms with Gasteiger partial charge in [-0.1, -0.05) is 0 Å². The molecule has 0 radical (unpaired) electrons. The zero-order chi connectivity index (χ0) is 10.3. The van der Waals surface area contributed by atoms with Crippen molar-refractivity contribution in [2.24, 2.45) is 0 Å². The molecule has 2 nitrogen and oxygen atoms in total. The summed E-state index contributed by atoms with van der Waals surface area (Å²) in [6, 6.07) is 1.12. The lowest BCUT2D eigenvalue weighted by molar-refractivity contribution is 0.122. The third-order valence-corrected chi connectivity index (χ3v) is 2.48. The van der Waals surface area contributed by atoms with Crippen LogP contribution in [0.1, 0.15) is 27.2 Å². The number of hydrogen-bond donors (Lipinski definition) is 0. The highest BCUT2D eigenvalue weighted by molar-refractivity contribution is 6.18. The molecule has 0 saturated carbocycles. The first-order chi connectivity index (χ1) is 6.13. The molecule has 0 bridgehead atoms. The third-order valence-electron chi connectivity index (χ3n) is 2.31. The molecule has 0 spiro atoms. The fourth-order valence-electron chi connectivity index (χ4n) is 1.54. The Morgan fingerprint density at radius 2 is 1.92 bits per heavy atom. The maximum Gasteiger partial charge on any atom is 0.0477 e. The molecule has 0 fully saturated rings. The van der Waals surface area contributed by atoms with Gasteiger partial charge < -0.3 is 4.74 Å². The molecule has 0 heterocycles. The number of nitrogens with zero attached hydrogens (tertiary/aromatic N) is 1. The van der Waals surface area contributed by atoms with Crippen LogP contribution in [-0.2, 0) is 4.74 Å². The Balaban J connectivity index is 3.87. The summed E-state index contributed by atoms with van der Waals surface area (Å²) in [5.41, 5.74) is 0. The monoisotopic (exact) mass is 207 g/mol. The van der Waals surface area contributed by atoms with E-state index in [1.807, 2.05) is 0 Å². The minimum atomic E-state index is 0.554. The molecular weight excluding hydrogens is 186 g/mol. The number of alkyl halides is 1. The van der Waals surface area contributed by atoms with E-state index in [0.717, 1.165) is 19.6 Å². The molecule has 0 aliphatic heterocycles. The predicted octanol–water partition coefficient (Wildman–Crippen LogP) is 2.36. The summed E-state index contributed by atoms with van der Waals surface area (Å²) in [6.07, 6.45) is 1.07. The SMILES string of the molecule is COCCC(C)N(CCCl)C(C)C. The van der Waals surface area contributed by atoms with Crippen LogP contribution in [-0.4, -0.2) is 43.1 Å². The van der Waals surface area contributed by atoms with Crippen molar-refractivity contribution in [2.75, 3.05) is 26.1 Å². The molecule has 1 atom stereocenters. The summed E-state index contributed by atoms with van der Waals surface area (Å²) in [5, 5.41) is 0. The van der Waals surface area contributed by atoms with Crippen LogP contribution in [0.25, 0.3) is 0 Å². The molecule has 80 valence electrons. The van der Waals surface area contributed by atoms with E-state index in [-0.39, 0.29) is 0 Å². The van der Waals surface area contributed by atoms with E-state index in [1.165, 1.54) is 0 Å². The highest BCUT2D eigenvalue weighted by Crippen LogP contribution is 2.08. The van der Waals surface area contributed by atoms with Crippen molar-refractivity contribution in [3.8, 4) is 0 Å². The number of rotatable bonds is 7. The van der Waals surface area contributed by atoms with Crippen LogP contribution in [0.4, 0.5) is 0 Å². The molecule has 0 aliphatic carbocycles. The smallest absolute Gasteiger partial charge is 0.0477 e. The Bertz CT molecular complexity index is 119. The standard InChI is InChI=1S/C10H22ClNO/c1-9(2)12(7-6-11)10(3)5-8-13-4/h9-10H,5-8H2,1-4H3. The van der Waals surface area contributed by atoms with Gasteiger partial charge in [-0.2, -0.15) is 0 Å². The summed E-state index contributed by atoms with van der Waals surface area (Å²) >= 11 is 5.75. The third kappa shape index (κ3) is 5.50. The van der Waals surface area contributed by atoms with Crippen LogP contribution in [0.15, 0.2) is 0 Å². The van der Waals surface area contributed by atoms with E-state index in [0.29, 0.717) is 18.0 Å². The van der Waals surface area contributed by atoms with Gasteiger partial charge in [0.25, 0.3) is 0 Å². The Morgan fingerprint density at radius 1 is 1.31 bits per heavy atom. The van der Waals surface area contributed by atoms with Gasteiger partial charge >= 0.3 is 0 Å². The Morgan fingerprint density at radius 3 is 2.31 bits per heavy atom. The molecular formula is C10H22ClNO. The molecule has 13 heavy (non-hydrogen) atoms. The van der Waals surface area contributed by atoms with Gasteiger partial charge in [0, 0.05) is 38.2 Å². The van der Waals surface area contributed by atoms with Crippen molar-refractivity contribution in [1.82, 2.24) is 4.90 Å². The Labute approximate surface area is 87.2 Å². The number of ether oxygens (including phenoxy) is 1. The van der Waals surface area contributed by atoms with E-state index in [4.69, 9.17) is 16.3 Å².